The number of fused-ring (bicyclic) bond motifs is 1. The molecule has 2 aromatic rings. The number of halogens is 1. The smallest absolute Gasteiger partial charge is 0.303 e. The highest BCUT2D eigenvalue weighted by atomic mass is 19.1. The lowest BCUT2D eigenvalue weighted by molar-refractivity contribution is 0.185. The van der Waals surface area contributed by atoms with Crippen LogP contribution in [0.3, 0.4) is 0 Å². The molecule has 19 heavy (non-hydrogen) atoms. The minimum absolute atomic E-state index is 0.136. The molecule has 1 saturated heterocycles. The fraction of sp³-hybridized carbons (Fsp3) is 0.500. The van der Waals surface area contributed by atoms with E-state index in [1.807, 2.05) is 0 Å². The Balaban J connectivity index is 2.07. The molecule has 4 nitrogen and oxygen atoms in total. The highest BCUT2D eigenvalue weighted by Crippen LogP contribution is 2.24. The molecule has 1 aliphatic rings. The van der Waals surface area contributed by atoms with Crippen molar-refractivity contribution in [3.63, 3.8) is 0 Å². The van der Waals surface area contributed by atoms with Gasteiger partial charge in [-0.2, -0.15) is 0 Å². The zero-order chi connectivity index (χ0) is 13.4. The van der Waals surface area contributed by atoms with Crippen LogP contribution in [0.25, 0.3) is 11.0 Å². The van der Waals surface area contributed by atoms with E-state index in [1.165, 1.54) is 6.07 Å². The number of aromatic nitrogens is 2. The predicted molar refractivity (Wildman–Crippen MR) is 72.9 cm³/mol. The van der Waals surface area contributed by atoms with Gasteiger partial charge >= 0.3 is 5.69 Å². The summed E-state index contributed by atoms with van der Waals surface area (Å²) in [6, 6.07) is 4.97. The monoisotopic (exact) mass is 263 g/mol. The van der Waals surface area contributed by atoms with Crippen molar-refractivity contribution >= 4 is 11.0 Å². The first-order valence-electron chi connectivity index (χ1n) is 6.81. The number of hydrogen-bond donors (Lipinski definition) is 1. The Labute approximate surface area is 110 Å². The summed E-state index contributed by atoms with van der Waals surface area (Å²) in [6.45, 7) is 5.06. The van der Waals surface area contributed by atoms with Crippen LogP contribution in [-0.2, 0) is 0 Å². The molecule has 0 spiro atoms. The molecule has 1 fully saturated rings. The van der Waals surface area contributed by atoms with Gasteiger partial charge in [0.15, 0.2) is 0 Å². The molecule has 1 aromatic carbocycles. The van der Waals surface area contributed by atoms with E-state index in [1.54, 1.807) is 16.7 Å². The fourth-order valence-corrected chi connectivity index (χ4v) is 3.01. The Bertz CT molecular complexity index is 646. The molecular weight excluding hydrogens is 245 g/mol. The van der Waals surface area contributed by atoms with E-state index in [0.29, 0.717) is 11.0 Å². The summed E-state index contributed by atoms with van der Waals surface area (Å²) in [4.78, 5) is 17.1. The van der Waals surface area contributed by atoms with E-state index in [4.69, 9.17) is 0 Å². The van der Waals surface area contributed by atoms with E-state index in [-0.39, 0.29) is 17.5 Å². The third-order valence-corrected chi connectivity index (χ3v) is 3.99. The zero-order valence-corrected chi connectivity index (χ0v) is 11.0. The molecule has 1 aromatic heterocycles. The topological polar surface area (TPSA) is 41.0 Å². The molecule has 102 valence electrons. The van der Waals surface area contributed by atoms with Crippen molar-refractivity contribution < 1.29 is 4.39 Å². The summed E-state index contributed by atoms with van der Waals surface area (Å²) in [6.07, 6.45) is 2.05. The summed E-state index contributed by atoms with van der Waals surface area (Å²) in [5.41, 5.74) is 0.789. The molecule has 1 aliphatic heterocycles. The van der Waals surface area contributed by atoms with Crippen molar-refractivity contribution in [3.8, 4) is 0 Å². The van der Waals surface area contributed by atoms with Crippen LogP contribution in [-0.4, -0.2) is 34.1 Å². The molecule has 5 heteroatoms. The summed E-state index contributed by atoms with van der Waals surface area (Å²) in [7, 11) is 0. The lowest BCUT2D eigenvalue weighted by atomic mass is 10.1. The van der Waals surface area contributed by atoms with Crippen LogP contribution in [0.2, 0.25) is 0 Å². The van der Waals surface area contributed by atoms with Gasteiger partial charge in [0.1, 0.15) is 11.3 Å². The Morgan fingerprint density at radius 2 is 2.32 bits per heavy atom. The molecule has 1 atom stereocenters. The second-order valence-corrected chi connectivity index (χ2v) is 5.12. The quantitative estimate of drug-likeness (QED) is 0.901. The van der Waals surface area contributed by atoms with Crippen LogP contribution >= 0.6 is 0 Å². The van der Waals surface area contributed by atoms with E-state index in [0.717, 1.165) is 32.5 Å². The van der Waals surface area contributed by atoms with Gasteiger partial charge in [0, 0.05) is 6.54 Å². The maximum atomic E-state index is 13.7. The summed E-state index contributed by atoms with van der Waals surface area (Å²) in [5, 5.41) is 0. The number of hydrogen-bond acceptors (Lipinski definition) is 2. The summed E-state index contributed by atoms with van der Waals surface area (Å²) in [5.74, 6) is -0.364. The minimum atomic E-state index is -0.364. The predicted octanol–water partition coefficient (Wildman–Crippen LogP) is 2.13. The number of aromatic amines is 1. The van der Waals surface area contributed by atoms with Gasteiger partial charge in [-0.05, 0) is 38.1 Å². The lowest BCUT2D eigenvalue weighted by Gasteiger charge is -2.32. The second-order valence-electron chi connectivity index (χ2n) is 5.12. The van der Waals surface area contributed by atoms with Crippen molar-refractivity contribution in [2.75, 3.05) is 19.6 Å². The minimum Gasteiger partial charge on any atom is -0.303 e. The second kappa shape index (κ2) is 4.81. The van der Waals surface area contributed by atoms with Crippen molar-refractivity contribution in [2.24, 2.45) is 0 Å². The van der Waals surface area contributed by atoms with E-state index in [2.05, 4.69) is 16.8 Å². The van der Waals surface area contributed by atoms with Crippen LogP contribution in [0.5, 0.6) is 0 Å². The molecule has 2 heterocycles. The number of para-hydroxylation sites is 1. The molecular formula is C14H18FN3O. The molecule has 1 N–H and O–H groups in total. The number of nitrogens with one attached hydrogen (secondary N) is 1. The fourth-order valence-electron chi connectivity index (χ4n) is 3.01. The van der Waals surface area contributed by atoms with Crippen molar-refractivity contribution in [1.29, 1.82) is 0 Å². The highest BCUT2D eigenvalue weighted by molar-refractivity contribution is 5.75. The maximum absolute atomic E-state index is 13.7. The average molecular weight is 263 g/mol. The van der Waals surface area contributed by atoms with Crippen LogP contribution in [0.1, 0.15) is 25.8 Å². The van der Waals surface area contributed by atoms with Crippen molar-refractivity contribution in [3.05, 3.63) is 34.5 Å². The third-order valence-electron chi connectivity index (χ3n) is 3.99. The normalized spacial score (nSPS) is 21.1. The third kappa shape index (κ3) is 2.08. The number of piperidine rings is 1. The first kappa shape index (κ1) is 12.4. The number of benzene rings is 1. The first-order chi connectivity index (χ1) is 9.20. The molecule has 0 amide bonds. The molecule has 1 unspecified atom stereocenters. The standard InChI is InChI=1S/C14H18FN3O/c1-2-17-8-4-5-10(9-17)18-12-7-3-6-11(15)13(12)16-14(18)19/h3,6-7,10H,2,4-5,8-9H2,1H3,(H,16,19). The number of rotatable bonds is 2. The largest absolute Gasteiger partial charge is 0.326 e. The van der Waals surface area contributed by atoms with E-state index >= 15 is 0 Å². The maximum Gasteiger partial charge on any atom is 0.326 e. The van der Waals surface area contributed by atoms with Crippen LogP contribution in [0.15, 0.2) is 23.0 Å². The van der Waals surface area contributed by atoms with Crippen LogP contribution in [0.4, 0.5) is 4.39 Å². The number of likely N-dealkylation sites (N-methyl/N-ethyl adjacent to an activating group) is 1. The Kier molecular flexibility index (Phi) is 3.14. The molecule has 0 radical (unpaired) electrons. The Hall–Kier alpha value is -1.62. The van der Waals surface area contributed by atoms with Gasteiger partial charge in [-0.1, -0.05) is 13.0 Å². The van der Waals surface area contributed by atoms with Gasteiger partial charge in [0.25, 0.3) is 0 Å². The highest BCUT2D eigenvalue weighted by Gasteiger charge is 2.23. The number of likely N-dealkylation sites (tertiary alicyclic amines) is 1. The Morgan fingerprint density at radius 3 is 3.11 bits per heavy atom. The van der Waals surface area contributed by atoms with Crippen molar-refractivity contribution in [2.45, 2.75) is 25.8 Å². The zero-order valence-electron chi connectivity index (χ0n) is 11.0. The Morgan fingerprint density at radius 1 is 1.47 bits per heavy atom. The van der Waals surface area contributed by atoms with Gasteiger partial charge < -0.3 is 9.88 Å². The van der Waals surface area contributed by atoms with Crippen LogP contribution in [0, 0.1) is 5.82 Å². The van der Waals surface area contributed by atoms with Crippen molar-refractivity contribution in [1.82, 2.24) is 14.5 Å². The molecule has 0 saturated carbocycles. The van der Waals surface area contributed by atoms with Gasteiger partial charge in [-0.3, -0.25) is 4.57 Å². The van der Waals surface area contributed by atoms with Gasteiger partial charge in [-0.25, -0.2) is 9.18 Å². The summed E-state index contributed by atoms with van der Waals surface area (Å²) >= 11 is 0. The van der Waals surface area contributed by atoms with E-state index < -0.39 is 0 Å². The summed E-state index contributed by atoms with van der Waals surface area (Å²) < 4.78 is 15.4. The van der Waals surface area contributed by atoms with Gasteiger partial charge in [-0.15, -0.1) is 0 Å². The van der Waals surface area contributed by atoms with Gasteiger partial charge in [0.2, 0.25) is 0 Å². The molecule has 3 rings (SSSR count). The van der Waals surface area contributed by atoms with Gasteiger partial charge in [0.05, 0.1) is 11.6 Å². The van der Waals surface area contributed by atoms with Crippen LogP contribution < -0.4 is 5.69 Å². The lowest BCUT2D eigenvalue weighted by Crippen LogP contribution is -2.38. The van der Waals surface area contributed by atoms with E-state index in [9.17, 15) is 9.18 Å². The molecule has 0 aliphatic carbocycles. The number of H-pyrrole nitrogens is 1. The number of imidazole rings is 1. The first-order valence-corrected chi connectivity index (χ1v) is 6.81. The molecule has 0 bridgehead atoms. The number of nitrogens with zero attached hydrogens (tertiary/aromatic N) is 2. The average Bonchev–Trinajstić information content (AvgIpc) is 2.77. The SMILES string of the molecule is CCN1CCCC(n2c(=O)[nH]c3c(F)cccc32)C1.